The molecule has 0 aliphatic heterocycles. The number of unbranched alkanes of at least 4 members (excludes halogenated alkanes) is 16. The van der Waals surface area contributed by atoms with Gasteiger partial charge in [-0.05, 0) is 116 Å². The number of ether oxygens (including phenoxy) is 3. The Morgan fingerprint density at radius 2 is 0.659 bits per heavy atom. The molecule has 0 aromatic rings. The third kappa shape index (κ3) is 61.4. The first-order chi connectivity index (χ1) is 41.2. The van der Waals surface area contributed by atoms with E-state index in [-0.39, 0.29) is 19.3 Å². The minimum atomic E-state index is -4.93. The van der Waals surface area contributed by atoms with Gasteiger partial charge in [-0.2, -0.15) is 0 Å². The van der Waals surface area contributed by atoms with E-state index >= 15 is 0 Å². The number of hydrogen-bond acceptors (Lipinski definition) is 14. The lowest BCUT2D eigenvalue weighted by molar-refractivity contribution is -0.161. The van der Waals surface area contributed by atoms with Crippen molar-refractivity contribution in [3.8, 4) is 0 Å². The van der Waals surface area contributed by atoms with Crippen LogP contribution < -0.4 is 0 Å². The number of phosphoric acid groups is 2. The lowest BCUT2D eigenvalue weighted by Gasteiger charge is -2.21. The maximum absolute atomic E-state index is 12.8. The van der Waals surface area contributed by atoms with Gasteiger partial charge in [0.15, 0.2) is 6.10 Å². The van der Waals surface area contributed by atoms with Crippen molar-refractivity contribution in [3.05, 3.63) is 122 Å². The fourth-order valence-corrected chi connectivity index (χ4v) is 9.34. The predicted molar refractivity (Wildman–Crippen MR) is 343 cm³/mol. The van der Waals surface area contributed by atoms with Crippen LogP contribution in [0.5, 0.6) is 0 Å². The van der Waals surface area contributed by atoms with Crippen molar-refractivity contribution in [2.45, 2.75) is 245 Å². The summed E-state index contributed by atoms with van der Waals surface area (Å²) in [6.45, 7) is 2.33. The van der Waals surface area contributed by atoms with Crippen LogP contribution >= 0.6 is 15.6 Å². The maximum Gasteiger partial charge on any atom is 0.472 e. The summed E-state index contributed by atoms with van der Waals surface area (Å²) in [5.74, 6) is -1.69. The van der Waals surface area contributed by atoms with Crippen LogP contribution in [0.25, 0.3) is 0 Å². The zero-order valence-corrected chi connectivity index (χ0v) is 54.0. The summed E-state index contributed by atoms with van der Waals surface area (Å²) in [6.07, 6.45) is 67.1. The SMILES string of the molecule is CC/C=C\C/C=C\C/C=C\C/C=C\C/C=C\C/C=C\CCC(=O)OCC(O)COP(=O)(O)OCC(O)COP(=O)(O)OCC(COC(=O)CCCCCCCC/C=C\C/C=C\C/C=C\CCCCC)OC(=O)CCCCCCC/C=C\CCCC. The molecular weight excluding hydrogens is 1120 g/mol. The second-order valence-electron chi connectivity index (χ2n) is 20.8. The number of rotatable bonds is 59. The summed E-state index contributed by atoms with van der Waals surface area (Å²) in [4.78, 5) is 58.1. The number of aliphatic hydroxyl groups is 2. The highest BCUT2D eigenvalue weighted by Crippen LogP contribution is 2.45. The van der Waals surface area contributed by atoms with Gasteiger partial charge in [0, 0.05) is 19.3 Å². The molecule has 0 heterocycles. The molecule has 0 aliphatic rings. The van der Waals surface area contributed by atoms with Crippen LogP contribution in [-0.4, -0.2) is 95.9 Å². The molecule has 18 heteroatoms. The number of aliphatic hydroxyl groups excluding tert-OH is 2. The third-order valence-corrected chi connectivity index (χ3v) is 14.6. The van der Waals surface area contributed by atoms with Crippen LogP contribution in [0.1, 0.15) is 226 Å². The average Bonchev–Trinajstić information content (AvgIpc) is 3.60. The molecule has 0 bridgehead atoms. The van der Waals surface area contributed by atoms with Gasteiger partial charge in [-0.15, -0.1) is 0 Å². The molecule has 0 spiro atoms. The Morgan fingerprint density at radius 3 is 1.11 bits per heavy atom. The van der Waals surface area contributed by atoms with Crippen molar-refractivity contribution in [2.75, 3.05) is 39.6 Å². The molecule has 0 radical (unpaired) electrons. The van der Waals surface area contributed by atoms with Crippen molar-refractivity contribution >= 4 is 33.6 Å². The molecular formula is C67H112O16P2. The molecule has 85 heavy (non-hydrogen) atoms. The van der Waals surface area contributed by atoms with Crippen molar-refractivity contribution < 1.29 is 75.8 Å². The first-order valence-electron chi connectivity index (χ1n) is 31.8. The van der Waals surface area contributed by atoms with Crippen LogP contribution in [0.4, 0.5) is 0 Å². The van der Waals surface area contributed by atoms with Crippen LogP contribution in [0.2, 0.25) is 0 Å². The van der Waals surface area contributed by atoms with Crippen LogP contribution in [0.3, 0.4) is 0 Å². The molecule has 5 atom stereocenters. The fraction of sp³-hybridized carbons (Fsp3) is 0.657. The molecule has 0 saturated heterocycles. The highest BCUT2D eigenvalue weighted by Gasteiger charge is 2.29. The molecule has 0 aliphatic carbocycles. The van der Waals surface area contributed by atoms with E-state index in [9.17, 15) is 43.5 Å². The summed E-state index contributed by atoms with van der Waals surface area (Å²) in [7, 11) is -9.80. The molecule has 0 rings (SSSR count). The Balaban J connectivity index is 4.71. The zero-order chi connectivity index (χ0) is 62.4. The Labute approximate surface area is 512 Å². The van der Waals surface area contributed by atoms with Gasteiger partial charge in [-0.1, -0.05) is 213 Å². The zero-order valence-electron chi connectivity index (χ0n) is 52.2. The molecule has 0 aromatic heterocycles. The van der Waals surface area contributed by atoms with Crippen LogP contribution in [0, 0.1) is 0 Å². The summed E-state index contributed by atoms with van der Waals surface area (Å²) in [6, 6.07) is 0. The van der Waals surface area contributed by atoms with Gasteiger partial charge in [0.2, 0.25) is 0 Å². The third-order valence-electron chi connectivity index (χ3n) is 12.7. The lowest BCUT2D eigenvalue weighted by Crippen LogP contribution is -2.30. The normalized spacial score (nSPS) is 15.1. The lowest BCUT2D eigenvalue weighted by atomic mass is 10.1. The van der Waals surface area contributed by atoms with Crippen molar-refractivity contribution in [3.63, 3.8) is 0 Å². The Morgan fingerprint density at radius 1 is 0.341 bits per heavy atom. The summed E-state index contributed by atoms with van der Waals surface area (Å²) in [5.41, 5.74) is 0. The van der Waals surface area contributed by atoms with Crippen molar-refractivity contribution in [1.29, 1.82) is 0 Å². The second kappa shape index (κ2) is 60.2. The highest BCUT2D eigenvalue weighted by atomic mass is 31.2. The van der Waals surface area contributed by atoms with E-state index in [0.717, 1.165) is 128 Å². The molecule has 16 nitrogen and oxygen atoms in total. The number of phosphoric ester groups is 2. The van der Waals surface area contributed by atoms with E-state index < -0.39 is 91.5 Å². The minimum Gasteiger partial charge on any atom is -0.463 e. The summed E-state index contributed by atoms with van der Waals surface area (Å²) in [5, 5.41) is 20.5. The van der Waals surface area contributed by atoms with E-state index in [1.807, 2.05) is 18.2 Å². The van der Waals surface area contributed by atoms with Gasteiger partial charge in [0.25, 0.3) is 0 Å². The standard InChI is InChI=1S/C67H112O16P2/c1-4-7-10-13-16-19-22-24-26-28-30-32-34-36-39-41-44-47-50-53-65(70)77-56-62(68)57-79-84(73,74)80-58-63(69)59-81-85(75,76)82-61-64(83-67(72)55-52-49-46-43-38-21-18-15-12-9-6-3)60-78-66(71)54-51-48-45-42-40-37-35-33-31-29-27-25-23-20-17-14-11-8-5-2/h7,10,15-20,24-27,30-33,36,39,44,47,62-64,68-69H,4-6,8-9,11-14,21-23,28-29,34-35,37-38,40-43,45-46,48-61H2,1-3H3,(H,73,74)(H,75,76)/b10-7-,18-15-,19-16-,20-17-,26-24-,27-25-,32-30-,33-31-,39-36-,47-44-. The van der Waals surface area contributed by atoms with E-state index in [1.165, 1.54) is 32.1 Å². The maximum atomic E-state index is 12.8. The second-order valence-corrected chi connectivity index (χ2v) is 23.7. The Bertz CT molecular complexity index is 2040. The van der Waals surface area contributed by atoms with Gasteiger partial charge in [-0.3, -0.25) is 32.5 Å². The van der Waals surface area contributed by atoms with E-state index in [2.05, 4.69) is 124 Å². The topological polar surface area (TPSA) is 231 Å². The molecule has 0 saturated carbocycles. The van der Waals surface area contributed by atoms with E-state index in [4.69, 9.17) is 32.3 Å². The quantitative estimate of drug-likeness (QED) is 0.0146. The largest absolute Gasteiger partial charge is 0.472 e. The first-order valence-corrected chi connectivity index (χ1v) is 34.8. The molecule has 4 N–H and O–H groups in total. The monoisotopic (exact) mass is 1230 g/mol. The van der Waals surface area contributed by atoms with Gasteiger partial charge in [0.05, 0.1) is 26.4 Å². The van der Waals surface area contributed by atoms with Gasteiger partial charge in [0.1, 0.15) is 25.4 Å². The Kier molecular flexibility index (Phi) is 57.4. The molecule has 0 amide bonds. The number of carbonyl (C=O) groups excluding carboxylic acids is 3. The van der Waals surface area contributed by atoms with Crippen molar-refractivity contribution in [2.24, 2.45) is 0 Å². The average molecular weight is 1240 g/mol. The van der Waals surface area contributed by atoms with Crippen LogP contribution in [0.15, 0.2) is 122 Å². The fourth-order valence-electron chi connectivity index (χ4n) is 7.76. The van der Waals surface area contributed by atoms with Gasteiger partial charge >= 0.3 is 33.6 Å². The van der Waals surface area contributed by atoms with E-state index in [0.29, 0.717) is 25.7 Å². The summed E-state index contributed by atoms with van der Waals surface area (Å²) < 4.78 is 60.6. The molecule has 5 unspecified atom stereocenters. The predicted octanol–water partition coefficient (Wildman–Crippen LogP) is 17.1. The minimum absolute atomic E-state index is 0.0571. The molecule has 0 aromatic carbocycles. The van der Waals surface area contributed by atoms with Crippen LogP contribution in [-0.2, 0) is 55.8 Å². The number of hydrogen-bond donors (Lipinski definition) is 4. The smallest absolute Gasteiger partial charge is 0.463 e. The number of esters is 3. The molecule has 486 valence electrons. The van der Waals surface area contributed by atoms with Gasteiger partial charge < -0.3 is 34.2 Å². The summed E-state index contributed by atoms with van der Waals surface area (Å²) >= 11 is 0. The number of allylic oxidation sites excluding steroid dienone is 20. The van der Waals surface area contributed by atoms with Gasteiger partial charge in [-0.25, -0.2) is 9.13 Å². The van der Waals surface area contributed by atoms with E-state index in [1.54, 1.807) is 0 Å². The Hall–Kier alpha value is -4.05. The highest BCUT2D eigenvalue weighted by molar-refractivity contribution is 7.47. The van der Waals surface area contributed by atoms with Crippen molar-refractivity contribution in [1.82, 2.24) is 0 Å². The molecule has 0 fully saturated rings. The first kappa shape index (κ1) is 81.0. The number of carbonyl (C=O) groups is 3.